The van der Waals surface area contributed by atoms with E-state index in [-0.39, 0.29) is 19.2 Å². The average molecular weight is 534 g/mol. The van der Waals surface area contributed by atoms with Gasteiger partial charge in [0.2, 0.25) is 0 Å². The first-order valence-corrected chi connectivity index (χ1v) is 13.4. The molecule has 39 heavy (non-hydrogen) atoms. The third kappa shape index (κ3) is 8.03. The van der Waals surface area contributed by atoms with Crippen molar-refractivity contribution in [1.29, 1.82) is 0 Å². The maximum atomic E-state index is 12.7. The van der Waals surface area contributed by atoms with Gasteiger partial charge < -0.3 is 24.3 Å². The molecule has 0 saturated carbocycles. The number of cyclic esters (lactones) is 1. The molecule has 0 radical (unpaired) electrons. The van der Waals surface area contributed by atoms with Gasteiger partial charge in [-0.3, -0.25) is 4.79 Å². The fourth-order valence-corrected chi connectivity index (χ4v) is 4.42. The van der Waals surface area contributed by atoms with Gasteiger partial charge in [0.05, 0.1) is 14.2 Å². The van der Waals surface area contributed by atoms with E-state index in [4.69, 9.17) is 18.9 Å². The molecule has 3 rings (SSSR count). The molecule has 0 bridgehead atoms. The van der Waals surface area contributed by atoms with Crippen LogP contribution in [0, 0.1) is 18.8 Å². The standard InChI is InChI=1S/C32H39NO6/c1-6-7-19-33-25-15-13-24(14-16-25)10-8-9-20-38-31-26(17-11-22(2)12-18-28(34)36-4)30(37-5)23(3)27-21-39-32(35)29(27)31/h11,13-16,33H,6-7,10,12,17-21H2,1-5H3/b22-11+. The molecule has 2 aromatic carbocycles. The van der Waals surface area contributed by atoms with Crippen LogP contribution in [0.15, 0.2) is 35.9 Å². The number of carbonyl (C=O) groups excluding carboxylic acids is 2. The molecule has 1 aliphatic heterocycles. The Morgan fingerprint density at radius 3 is 2.59 bits per heavy atom. The Kier molecular flexibility index (Phi) is 11.3. The van der Waals surface area contributed by atoms with E-state index in [1.165, 1.54) is 7.11 Å². The molecule has 208 valence electrons. The fraction of sp³-hybridized carbons (Fsp3) is 0.438. The second-order valence-electron chi connectivity index (χ2n) is 9.52. The molecule has 0 aromatic heterocycles. The molecule has 7 nitrogen and oxygen atoms in total. The number of hydrogen-bond acceptors (Lipinski definition) is 7. The first kappa shape index (κ1) is 29.6. The molecule has 0 amide bonds. The molecular weight excluding hydrogens is 494 g/mol. The molecule has 0 aliphatic carbocycles. The highest BCUT2D eigenvalue weighted by molar-refractivity contribution is 5.98. The van der Waals surface area contributed by atoms with E-state index in [1.54, 1.807) is 7.11 Å². The summed E-state index contributed by atoms with van der Waals surface area (Å²) in [6.07, 6.45) is 6.29. The lowest BCUT2D eigenvalue weighted by atomic mass is 9.94. The average Bonchev–Trinajstić information content (AvgIpc) is 3.34. The first-order valence-electron chi connectivity index (χ1n) is 13.4. The summed E-state index contributed by atoms with van der Waals surface area (Å²) < 4.78 is 22.0. The molecule has 1 heterocycles. The van der Waals surface area contributed by atoms with Crippen molar-refractivity contribution in [2.75, 3.05) is 32.7 Å². The van der Waals surface area contributed by atoms with Crippen LogP contribution in [0.5, 0.6) is 11.5 Å². The first-order chi connectivity index (χ1) is 18.9. The van der Waals surface area contributed by atoms with E-state index in [0.717, 1.165) is 52.9 Å². The Hall–Kier alpha value is -3.92. The van der Waals surface area contributed by atoms with Crippen LogP contribution in [0.2, 0.25) is 0 Å². The van der Waals surface area contributed by atoms with Crippen LogP contribution in [0.25, 0.3) is 0 Å². The number of unbranched alkanes of at least 4 members (excludes halogenated alkanes) is 1. The Balaban J connectivity index is 1.75. The van der Waals surface area contributed by atoms with Gasteiger partial charge in [0.25, 0.3) is 0 Å². The van der Waals surface area contributed by atoms with Gasteiger partial charge in [0, 0.05) is 36.2 Å². The van der Waals surface area contributed by atoms with Gasteiger partial charge in [-0.2, -0.15) is 0 Å². The molecule has 0 spiro atoms. The van der Waals surface area contributed by atoms with Crippen LogP contribution in [-0.4, -0.2) is 39.3 Å². The van der Waals surface area contributed by atoms with E-state index < -0.39 is 5.97 Å². The van der Waals surface area contributed by atoms with Gasteiger partial charge in [0.15, 0.2) is 0 Å². The molecule has 0 fully saturated rings. The number of carbonyl (C=O) groups is 2. The van der Waals surface area contributed by atoms with Crippen molar-refractivity contribution < 1.29 is 28.5 Å². The molecule has 0 atom stereocenters. The van der Waals surface area contributed by atoms with Crippen LogP contribution in [0.4, 0.5) is 5.69 Å². The third-order valence-electron chi connectivity index (χ3n) is 6.75. The van der Waals surface area contributed by atoms with Crippen LogP contribution in [-0.2, 0) is 33.7 Å². The SMILES string of the molecule is CCCCNc1ccc(CC#CCOc2c(C/C=C(\C)CCC(=O)OC)c(OC)c(C)c3c2C(=O)OC3)cc1. The van der Waals surface area contributed by atoms with Crippen molar-refractivity contribution in [1.82, 2.24) is 0 Å². The highest BCUT2D eigenvalue weighted by Crippen LogP contribution is 2.42. The van der Waals surface area contributed by atoms with Crippen molar-refractivity contribution in [3.63, 3.8) is 0 Å². The summed E-state index contributed by atoms with van der Waals surface area (Å²) >= 11 is 0. The predicted octanol–water partition coefficient (Wildman–Crippen LogP) is 5.95. The van der Waals surface area contributed by atoms with Crippen molar-refractivity contribution in [3.05, 3.63) is 63.7 Å². The Morgan fingerprint density at radius 1 is 1.13 bits per heavy atom. The molecule has 0 unspecified atom stereocenters. The highest BCUT2D eigenvalue weighted by atomic mass is 16.5. The number of allylic oxidation sites excluding steroid dienone is 2. The van der Waals surface area contributed by atoms with Crippen LogP contribution >= 0.6 is 0 Å². The molecule has 1 aliphatic rings. The zero-order valence-corrected chi connectivity index (χ0v) is 23.7. The third-order valence-corrected chi connectivity index (χ3v) is 6.75. The maximum absolute atomic E-state index is 12.7. The summed E-state index contributed by atoms with van der Waals surface area (Å²) in [7, 11) is 2.99. The number of benzene rings is 2. The normalized spacial score (nSPS) is 12.2. The van der Waals surface area contributed by atoms with E-state index >= 15 is 0 Å². The van der Waals surface area contributed by atoms with Crippen LogP contribution in [0.3, 0.4) is 0 Å². The summed E-state index contributed by atoms with van der Waals surface area (Å²) in [5.74, 6) is 6.71. The summed E-state index contributed by atoms with van der Waals surface area (Å²) in [6, 6.07) is 8.29. The number of methoxy groups -OCH3 is 2. The van der Waals surface area contributed by atoms with Crippen LogP contribution < -0.4 is 14.8 Å². The van der Waals surface area contributed by atoms with Crippen LogP contribution in [0.1, 0.15) is 72.1 Å². The van der Waals surface area contributed by atoms with E-state index in [2.05, 4.69) is 48.3 Å². The lowest BCUT2D eigenvalue weighted by molar-refractivity contribution is -0.140. The summed E-state index contributed by atoms with van der Waals surface area (Å²) in [5.41, 5.74) is 6.11. The number of fused-ring (bicyclic) bond motifs is 1. The van der Waals surface area contributed by atoms with E-state index in [1.807, 2.05) is 19.9 Å². The zero-order chi connectivity index (χ0) is 28.2. The van der Waals surface area contributed by atoms with Gasteiger partial charge in [-0.15, -0.1) is 0 Å². The lowest BCUT2D eigenvalue weighted by Gasteiger charge is -2.18. The summed E-state index contributed by atoms with van der Waals surface area (Å²) in [6.45, 7) is 7.35. The predicted molar refractivity (Wildman–Crippen MR) is 152 cm³/mol. The van der Waals surface area contributed by atoms with E-state index in [0.29, 0.717) is 42.7 Å². The Bertz CT molecular complexity index is 1250. The molecular formula is C32H39NO6. The molecule has 0 saturated heterocycles. The Labute approximate surface area is 231 Å². The minimum absolute atomic E-state index is 0.126. The molecule has 2 aromatic rings. The van der Waals surface area contributed by atoms with E-state index in [9.17, 15) is 9.59 Å². The van der Waals surface area contributed by atoms with Gasteiger partial charge in [-0.05, 0) is 56.4 Å². The lowest BCUT2D eigenvalue weighted by Crippen LogP contribution is -2.09. The number of anilines is 1. The van der Waals surface area contributed by atoms with Gasteiger partial charge in [0.1, 0.15) is 30.3 Å². The van der Waals surface area contributed by atoms with Crippen molar-refractivity contribution >= 4 is 17.6 Å². The van der Waals surface area contributed by atoms with Crippen molar-refractivity contribution in [2.45, 2.75) is 65.9 Å². The number of hydrogen-bond donors (Lipinski definition) is 1. The number of ether oxygens (including phenoxy) is 4. The fourth-order valence-electron chi connectivity index (χ4n) is 4.42. The summed E-state index contributed by atoms with van der Waals surface area (Å²) in [5, 5.41) is 3.41. The maximum Gasteiger partial charge on any atom is 0.342 e. The molecule has 1 N–H and O–H groups in total. The Morgan fingerprint density at radius 2 is 1.90 bits per heavy atom. The quantitative estimate of drug-likeness (QED) is 0.147. The van der Waals surface area contributed by atoms with Crippen molar-refractivity contribution in [3.8, 4) is 23.3 Å². The zero-order valence-electron chi connectivity index (χ0n) is 23.7. The monoisotopic (exact) mass is 533 g/mol. The minimum atomic E-state index is -0.404. The number of esters is 2. The molecule has 7 heteroatoms. The van der Waals surface area contributed by atoms with Gasteiger partial charge in [-0.25, -0.2) is 4.79 Å². The summed E-state index contributed by atoms with van der Waals surface area (Å²) in [4.78, 5) is 24.2. The second-order valence-corrected chi connectivity index (χ2v) is 9.52. The topological polar surface area (TPSA) is 83.1 Å². The number of nitrogens with one attached hydrogen (secondary N) is 1. The van der Waals surface area contributed by atoms with Crippen molar-refractivity contribution in [2.24, 2.45) is 0 Å². The largest absolute Gasteiger partial charge is 0.496 e. The second kappa shape index (κ2) is 14.9. The smallest absolute Gasteiger partial charge is 0.342 e. The minimum Gasteiger partial charge on any atom is -0.496 e. The van der Waals surface area contributed by atoms with Gasteiger partial charge >= 0.3 is 11.9 Å². The van der Waals surface area contributed by atoms with Gasteiger partial charge in [-0.1, -0.05) is 49.0 Å². The highest BCUT2D eigenvalue weighted by Gasteiger charge is 2.33. The number of rotatable bonds is 13.